The van der Waals surface area contributed by atoms with Gasteiger partial charge < -0.3 is 4.52 Å². The second-order valence-corrected chi connectivity index (χ2v) is 13.6. The molecular weight excluding hydrogens is 267 g/mol. The quantitative estimate of drug-likeness (QED) is 0.525. The van der Waals surface area contributed by atoms with Crippen LogP contribution >= 0.6 is 16.8 Å². The average Bonchev–Trinajstić information content (AvgIpc) is 2.48. The van der Waals surface area contributed by atoms with Crippen molar-refractivity contribution in [3.8, 4) is 0 Å². The molecule has 1 nitrogen and oxygen atoms in total. The molecule has 1 saturated heterocycles. The van der Waals surface area contributed by atoms with E-state index in [-0.39, 0.29) is 5.60 Å². The van der Waals surface area contributed by atoms with E-state index in [0.29, 0.717) is 16.8 Å². The van der Waals surface area contributed by atoms with Crippen molar-refractivity contribution < 1.29 is 4.52 Å². The zero-order valence-electron chi connectivity index (χ0n) is 11.2. The predicted octanol–water partition coefficient (Wildman–Crippen LogP) is 4.97. The van der Waals surface area contributed by atoms with Crippen LogP contribution in [-0.2, 0) is 16.3 Å². The lowest BCUT2D eigenvalue weighted by Gasteiger charge is -2.38. The Kier molecular flexibility index (Phi) is 3.88. The largest absolute Gasteiger partial charge is 0.334 e. The molecule has 4 heteroatoms. The Labute approximate surface area is 115 Å². The molecule has 2 fully saturated rings. The zero-order chi connectivity index (χ0) is 12.8. The smallest absolute Gasteiger partial charge is 0.123 e. The molecule has 1 unspecified atom stereocenters. The number of allylic oxidation sites excluding steroid dienone is 1. The van der Waals surface area contributed by atoms with Gasteiger partial charge in [0, 0.05) is 10.9 Å². The summed E-state index contributed by atoms with van der Waals surface area (Å²) < 4.78 is 6.39. The van der Waals surface area contributed by atoms with Gasteiger partial charge in [-0.1, -0.05) is 49.2 Å². The molecule has 4 atom stereocenters. The lowest BCUT2D eigenvalue weighted by molar-refractivity contribution is 0.0663. The third kappa shape index (κ3) is 2.54. The Morgan fingerprint density at radius 2 is 2.24 bits per heavy atom. The Morgan fingerprint density at radius 3 is 2.76 bits per heavy atom. The van der Waals surface area contributed by atoms with Crippen molar-refractivity contribution in [2.45, 2.75) is 63.5 Å². The second-order valence-electron chi connectivity index (χ2n) is 5.95. The number of fused-ring (bicyclic) bond motifs is 1. The van der Waals surface area contributed by atoms with Crippen molar-refractivity contribution >= 4 is 28.7 Å². The van der Waals surface area contributed by atoms with Gasteiger partial charge in [0.05, 0.1) is 5.60 Å². The van der Waals surface area contributed by atoms with Crippen molar-refractivity contribution in [1.29, 1.82) is 0 Å². The summed E-state index contributed by atoms with van der Waals surface area (Å²) in [6, 6.07) is 0. The fourth-order valence-electron chi connectivity index (χ4n) is 2.67. The molecule has 1 saturated carbocycles. The van der Waals surface area contributed by atoms with E-state index < -0.39 is 5.47 Å². The maximum absolute atomic E-state index is 6.39. The van der Waals surface area contributed by atoms with Crippen LogP contribution in [0.5, 0.6) is 0 Å². The molecule has 1 aliphatic carbocycles. The molecule has 0 radical (unpaired) electrons. The number of hydrogen-bond acceptors (Lipinski definition) is 3. The summed E-state index contributed by atoms with van der Waals surface area (Å²) in [4.78, 5) is 0. The summed E-state index contributed by atoms with van der Waals surface area (Å²) in [6.07, 6.45) is 3.57. The van der Waals surface area contributed by atoms with Crippen LogP contribution in [0.1, 0.15) is 47.0 Å². The van der Waals surface area contributed by atoms with Crippen LogP contribution in [0, 0.1) is 5.92 Å². The molecule has 98 valence electrons. The van der Waals surface area contributed by atoms with Gasteiger partial charge in [-0.05, 0) is 39.0 Å². The van der Waals surface area contributed by atoms with Crippen molar-refractivity contribution in [2.24, 2.45) is 5.92 Å². The van der Waals surface area contributed by atoms with E-state index in [1.54, 1.807) is 0 Å². The fourth-order valence-corrected chi connectivity index (χ4v) is 9.91. The Morgan fingerprint density at radius 1 is 1.59 bits per heavy atom. The van der Waals surface area contributed by atoms with E-state index in [2.05, 4.69) is 34.3 Å². The third-order valence-electron chi connectivity index (χ3n) is 4.11. The molecule has 0 aromatic carbocycles. The maximum atomic E-state index is 6.39. The highest BCUT2D eigenvalue weighted by Gasteiger charge is 2.52. The molecule has 0 aromatic heterocycles. The van der Waals surface area contributed by atoms with Crippen LogP contribution in [0.15, 0.2) is 12.2 Å². The Bertz CT molecular complexity index is 380. The van der Waals surface area contributed by atoms with Crippen LogP contribution in [0.3, 0.4) is 0 Å². The van der Waals surface area contributed by atoms with Crippen molar-refractivity contribution in [2.75, 3.05) is 0 Å². The average molecular weight is 290 g/mol. The van der Waals surface area contributed by atoms with Gasteiger partial charge in [-0.25, -0.2) is 0 Å². The first-order chi connectivity index (χ1) is 7.77. The van der Waals surface area contributed by atoms with Gasteiger partial charge in [0.25, 0.3) is 0 Å². The van der Waals surface area contributed by atoms with E-state index in [9.17, 15) is 0 Å². The zero-order valence-corrected chi connectivity index (χ0v) is 13.8. The second kappa shape index (κ2) is 4.67. The summed E-state index contributed by atoms with van der Waals surface area (Å²) in [5.74, 6) is 0.679. The van der Waals surface area contributed by atoms with Crippen LogP contribution in [-0.4, -0.2) is 16.5 Å². The first kappa shape index (κ1) is 14.1. The topological polar surface area (TPSA) is 9.23 Å². The van der Waals surface area contributed by atoms with Gasteiger partial charge in [0.2, 0.25) is 0 Å². The van der Waals surface area contributed by atoms with Crippen LogP contribution in [0.2, 0.25) is 0 Å². The monoisotopic (exact) mass is 290 g/mol. The first-order valence-electron chi connectivity index (χ1n) is 6.41. The molecule has 2 rings (SSSR count). The van der Waals surface area contributed by atoms with Crippen molar-refractivity contribution in [3.63, 3.8) is 0 Å². The maximum Gasteiger partial charge on any atom is 0.123 e. The molecule has 0 spiro atoms. The minimum atomic E-state index is -1.65. The van der Waals surface area contributed by atoms with Crippen LogP contribution in [0.25, 0.3) is 0 Å². The fraction of sp³-hybridized carbons (Fsp3) is 0.846. The molecule has 0 aromatic rings. The van der Waals surface area contributed by atoms with E-state index in [4.69, 9.17) is 16.3 Å². The molecular formula is C13H23OPS2. The molecule has 2 aliphatic rings. The lowest BCUT2D eigenvalue weighted by atomic mass is 9.77. The number of hydrogen-bond donors (Lipinski definition) is 0. The molecule has 1 heterocycles. The molecule has 17 heavy (non-hydrogen) atoms. The number of rotatable bonds is 2. The van der Waals surface area contributed by atoms with Gasteiger partial charge in [0.15, 0.2) is 0 Å². The molecule has 0 N–H and O–H groups in total. The summed E-state index contributed by atoms with van der Waals surface area (Å²) in [5, 5.41) is 0.589. The standard InChI is InChI=1S/C13H23OPS2/c1-9(2)11-6-7-13(5)12(8-11)17-15(16,14-13)10(3)4/h10-12H,1,6-8H2,2-5H3/t11-,12+,13+,15?/m0/s1. The first-order valence-corrected chi connectivity index (χ1v) is 10.7. The van der Waals surface area contributed by atoms with Gasteiger partial charge in [-0.2, -0.15) is 0 Å². The van der Waals surface area contributed by atoms with Gasteiger partial charge in [-0.3, -0.25) is 0 Å². The van der Waals surface area contributed by atoms with Crippen LogP contribution < -0.4 is 0 Å². The summed E-state index contributed by atoms with van der Waals surface area (Å²) in [5.41, 5.74) is 0.214. The Hall–Kier alpha value is 0.700. The van der Waals surface area contributed by atoms with E-state index in [0.717, 1.165) is 6.42 Å². The molecule has 0 bridgehead atoms. The Balaban J connectivity index is 2.18. The highest BCUT2D eigenvalue weighted by Crippen LogP contribution is 2.76. The minimum absolute atomic E-state index is 0.0381. The molecule has 0 amide bonds. The normalized spacial score (nSPS) is 45.9. The predicted molar refractivity (Wildman–Crippen MR) is 82.4 cm³/mol. The van der Waals surface area contributed by atoms with Gasteiger partial charge in [0.1, 0.15) is 5.47 Å². The van der Waals surface area contributed by atoms with Gasteiger partial charge in [-0.15, -0.1) is 0 Å². The third-order valence-corrected chi connectivity index (χ3v) is 12.7. The van der Waals surface area contributed by atoms with Crippen molar-refractivity contribution in [3.05, 3.63) is 12.2 Å². The minimum Gasteiger partial charge on any atom is -0.334 e. The summed E-state index contributed by atoms with van der Waals surface area (Å²) in [7, 11) is 0. The van der Waals surface area contributed by atoms with E-state index in [1.807, 2.05) is 11.4 Å². The summed E-state index contributed by atoms with van der Waals surface area (Å²) in [6.45, 7) is 13.0. The SMILES string of the molecule is C=C(C)[C@H]1CC[C@@]2(C)OP(=S)(C(C)C)S[C@@H]2C1. The van der Waals surface area contributed by atoms with E-state index in [1.165, 1.54) is 18.4 Å². The highest BCUT2D eigenvalue weighted by molar-refractivity contribution is 8.70. The lowest BCUT2D eigenvalue weighted by Crippen LogP contribution is -2.40. The van der Waals surface area contributed by atoms with Crippen molar-refractivity contribution in [1.82, 2.24) is 0 Å². The van der Waals surface area contributed by atoms with Gasteiger partial charge >= 0.3 is 0 Å². The van der Waals surface area contributed by atoms with Crippen LogP contribution in [0.4, 0.5) is 0 Å². The highest BCUT2D eigenvalue weighted by atomic mass is 32.9. The summed E-state index contributed by atoms with van der Waals surface area (Å²) >= 11 is 7.80. The van der Waals surface area contributed by atoms with E-state index >= 15 is 0 Å². The molecule has 1 aliphatic heterocycles.